The van der Waals surface area contributed by atoms with Crippen LogP contribution in [0.2, 0.25) is 0 Å². The van der Waals surface area contributed by atoms with Gasteiger partial charge in [0, 0.05) is 36.4 Å². The lowest BCUT2D eigenvalue weighted by molar-refractivity contribution is 0.767. The van der Waals surface area contributed by atoms with Gasteiger partial charge in [-0.3, -0.25) is 4.68 Å². The van der Waals surface area contributed by atoms with E-state index in [0.29, 0.717) is 0 Å². The Morgan fingerprint density at radius 2 is 2.54 bits per heavy atom. The molecule has 0 radical (unpaired) electrons. The van der Waals surface area contributed by atoms with Gasteiger partial charge < -0.3 is 5.32 Å². The minimum atomic E-state index is 0.838. The first kappa shape index (κ1) is 8.31. The van der Waals surface area contributed by atoms with E-state index in [-0.39, 0.29) is 0 Å². The Balaban J connectivity index is 1.93. The van der Waals surface area contributed by atoms with Crippen LogP contribution in [0.15, 0.2) is 29.2 Å². The van der Waals surface area contributed by atoms with E-state index in [4.69, 9.17) is 0 Å². The van der Waals surface area contributed by atoms with Crippen LogP contribution in [0.4, 0.5) is 5.69 Å². The van der Waals surface area contributed by atoms with Gasteiger partial charge in [0.25, 0.3) is 0 Å². The van der Waals surface area contributed by atoms with Crippen LogP contribution >= 0.6 is 11.3 Å². The van der Waals surface area contributed by atoms with E-state index in [1.54, 1.807) is 11.3 Å². The first-order valence-electron chi connectivity index (χ1n) is 4.08. The Morgan fingerprint density at radius 3 is 3.15 bits per heavy atom. The van der Waals surface area contributed by atoms with Crippen molar-refractivity contribution in [2.24, 2.45) is 7.05 Å². The molecule has 2 rings (SSSR count). The van der Waals surface area contributed by atoms with Crippen molar-refractivity contribution in [3.63, 3.8) is 0 Å². The number of rotatable bonds is 3. The maximum atomic E-state index is 4.10. The zero-order chi connectivity index (χ0) is 9.10. The average Bonchev–Trinajstić information content (AvgIpc) is 2.71. The van der Waals surface area contributed by atoms with E-state index in [9.17, 15) is 0 Å². The normalized spacial score (nSPS) is 10.2. The van der Waals surface area contributed by atoms with Crippen LogP contribution in [0.1, 0.15) is 5.56 Å². The molecule has 0 unspecified atom stereocenters. The molecule has 3 nitrogen and oxygen atoms in total. The van der Waals surface area contributed by atoms with Crippen molar-refractivity contribution in [2.75, 3.05) is 5.32 Å². The SMILES string of the molecule is Cn1cc(CNc2ccsc2)cn1. The third kappa shape index (κ3) is 2.09. The number of hydrogen-bond acceptors (Lipinski definition) is 3. The number of anilines is 1. The van der Waals surface area contributed by atoms with Crippen molar-refractivity contribution in [1.29, 1.82) is 0 Å². The van der Waals surface area contributed by atoms with Crippen molar-refractivity contribution in [3.8, 4) is 0 Å². The Hall–Kier alpha value is -1.29. The van der Waals surface area contributed by atoms with Crippen LogP contribution in [0.3, 0.4) is 0 Å². The molecule has 0 saturated carbocycles. The summed E-state index contributed by atoms with van der Waals surface area (Å²) in [6, 6.07) is 2.07. The molecule has 0 amide bonds. The molecular formula is C9H11N3S. The lowest BCUT2D eigenvalue weighted by atomic mass is 10.3. The monoisotopic (exact) mass is 193 g/mol. The van der Waals surface area contributed by atoms with E-state index >= 15 is 0 Å². The lowest BCUT2D eigenvalue weighted by Crippen LogP contribution is -1.96. The van der Waals surface area contributed by atoms with Gasteiger partial charge >= 0.3 is 0 Å². The molecule has 0 saturated heterocycles. The number of nitrogens with zero attached hydrogens (tertiary/aromatic N) is 2. The summed E-state index contributed by atoms with van der Waals surface area (Å²) in [4.78, 5) is 0. The Bertz CT molecular complexity index is 364. The number of aryl methyl sites for hydroxylation is 1. The number of aromatic nitrogens is 2. The van der Waals surface area contributed by atoms with E-state index in [0.717, 1.165) is 6.54 Å². The van der Waals surface area contributed by atoms with Crippen LogP contribution in [0, 0.1) is 0 Å². The number of nitrogens with one attached hydrogen (secondary N) is 1. The molecule has 0 aromatic carbocycles. The molecule has 2 aromatic heterocycles. The van der Waals surface area contributed by atoms with Crippen molar-refractivity contribution < 1.29 is 0 Å². The highest BCUT2D eigenvalue weighted by molar-refractivity contribution is 7.08. The van der Waals surface area contributed by atoms with Crippen molar-refractivity contribution in [2.45, 2.75) is 6.54 Å². The summed E-state index contributed by atoms with van der Waals surface area (Å²) >= 11 is 1.70. The maximum Gasteiger partial charge on any atom is 0.0539 e. The van der Waals surface area contributed by atoms with Crippen molar-refractivity contribution in [1.82, 2.24) is 9.78 Å². The third-order valence-electron chi connectivity index (χ3n) is 1.78. The lowest BCUT2D eigenvalue weighted by Gasteiger charge is -1.99. The van der Waals surface area contributed by atoms with E-state index in [1.807, 2.05) is 24.1 Å². The van der Waals surface area contributed by atoms with Crippen molar-refractivity contribution in [3.05, 3.63) is 34.8 Å². The molecule has 4 heteroatoms. The van der Waals surface area contributed by atoms with Gasteiger partial charge in [-0.05, 0) is 11.4 Å². The summed E-state index contributed by atoms with van der Waals surface area (Å²) in [5, 5.41) is 11.6. The van der Waals surface area contributed by atoms with E-state index < -0.39 is 0 Å². The van der Waals surface area contributed by atoms with Gasteiger partial charge in [0.15, 0.2) is 0 Å². The highest BCUT2D eigenvalue weighted by Gasteiger charge is 1.95. The van der Waals surface area contributed by atoms with Gasteiger partial charge in [0.1, 0.15) is 0 Å². The fourth-order valence-electron chi connectivity index (χ4n) is 1.13. The number of thiophene rings is 1. The molecule has 2 aromatic rings. The smallest absolute Gasteiger partial charge is 0.0539 e. The average molecular weight is 193 g/mol. The van der Waals surface area contributed by atoms with Gasteiger partial charge in [-0.2, -0.15) is 16.4 Å². The molecule has 0 fully saturated rings. The predicted molar refractivity (Wildman–Crippen MR) is 54.9 cm³/mol. The van der Waals surface area contributed by atoms with Crippen LogP contribution in [-0.2, 0) is 13.6 Å². The highest BCUT2D eigenvalue weighted by Crippen LogP contribution is 2.12. The first-order chi connectivity index (χ1) is 6.34. The summed E-state index contributed by atoms with van der Waals surface area (Å²) in [7, 11) is 1.92. The molecule has 68 valence electrons. The molecule has 1 N–H and O–H groups in total. The molecule has 13 heavy (non-hydrogen) atoms. The second-order valence-electron chi connectivity index (χ2n) is 2.89. The molecule has 0 aliphatic heterocycles. The number of hydrogen-bond donors (Lipinski definition) is 1. The van der Waals surface area contributed by atoms with Crippen LogP contribution in [0.5, 0.6) is 0 Å². The minimum Gasteiger partial charge on any atom is -0.380 e. The molecule has 2 heterocycles. The highest BCUT2D eigenvalue weighted by atomic mass is 32.1. The van der Waals surface area contributed by atoms with Crippen molar-refractivity contribution >= 4 is 17.0 Å². The topological polar surface area (TPSA) is 29.9 Å². The largest absolute Gasteiger partial charge is 0.380 e. The predicted octanol–water partition coefficient (Wildman–Crippen LogP) is 2.09. The summed E-state index contributed by atoms with van der Waals surface area (Å²) in [5.41, 5.74) is 2.38. The van der Waals surface area contributed by atoms with Gasteiger partial charge in [-0.1, -0.05) is 0 Å². The Morgan fingerprint density at radius 1 is 1.62 bits per heavy atom. The van der Waals surface area contributed by atoms with Gasteiger partial charge in [0.05, 0.1) is 6.20 Å². The zero-order valence-electron chi connectivity index (χ0n) is 7.40. The van der Waals surface area contributed by atoms with Gasteiger partial charge in [-0.25, -0.2) is 0 Å². The van der Waals surface area contributed by atoms with E-state index in [1.165, 1.54) is 11.3 Å². The molecule has 0 aliphatic carbocycles. The quantitative estimate of drug-likeness (QED) is 0.809. The van der Waals surface area contributed by atoms with E-state index in [2.05, 4.69) is 27.2 Å². The summed E-state index contributed by atoms with van der Waals surface area (Å²) < 4.78 is 1.81. The summed E-state index contributed by atoms with van der Waals surface area (Å²) in [6.45, 7) is 0.838. The standard InChI is InChI=1S/C9H11N3S/c1-12-6-8(5-11-12)4-10-9-2-3-13-7-9/h2-3,5-7,10H,4H2,1H3. The van der Waals surface area contributed by atoms with Gasteiger partial charge in [-0.15, -0.1) is 0 Å². The minimum absolute atomic E-state index is 0.838. The third-order valence-corrected chi connectivity index (χ3v) is 2.46. The molecule has 0 aliphatic rings. The molecule has 0 spiro atoms. The Kier molecular flexibility index (Phi) is 2.31. The second-order valence-corrected chi connectivity index (χ2v) is 3.67. The van der Waals surface area contributed by atoms with Gasteiger partial charge in [0.2, 0.25) is 0 Å². The molecular weight excluding hydrogens is 182 g/mol. The second kappa shape index (κ2) is 3.62. The first-order valence-corrected chi connectivity index (χ1v) is 5.02. The zero-order valence-corrected chi connectivity index (χ0v) is 8.21. The maximum absolute atomic E-state index is 4.10. The van der Waals surface area contributed by atoms with Crippen LogP contribution in [-0.4, -0.2) is 9.78 Å². The molecule has 0 atom stereocenters. The summed E-state index contributed by atoms with van der Waals surface area (Å²) in [5.74, 6) is 0. The summed E-state index contributed by atoms with van der Waals surface area (Å²) in [6.07, 6.45) is 3.89. The fraction of sp³-hybridized carbons (Fsp3) is 0.222. The van der Waals surface area contributed by atoms with Crippen LogP contribution < -0.4 is 5.32 Å². The Labute approximate surface area is 81.0 Å². The molecule has 0 bridgehead atoms. The van der Waals surface area contributed by atoms with Crippen LogP contribution in [0.25, 0.3) is 0 Å². The fourth-order valence-corrected chi connectivity index (χ4v) is 1.74.